The number of carbonyl (C=O) groups is 1. The molecule has 124 valence electrons. The number of anilines is 1. The zero-order chi connectivity index (χ0) is 16.1. The monoisotopic (exact) mass is 316 g/mol. The number of nitrogens with two attached hydrogens (primary N) is 1. The molecule has 0 spiro atoms. The molecule has 2 aliphatic rings. The van der Waals surface area contributed by atoms with Crippen molar-refractivity contribution in [3.63, 3.8) is 0 Å². The van der Waals surface area contributed by atoms with Crippen molar-refractivity contribution in [1.82, 2.24) is 5.32 Å². The molecule has 1 aromatic rings. The summed E-state index contributed by atoms with van der Waals surface area (Å²) in [5.74, 6) is 0.651. The van der Waals surface area contributed by atoms with Crippen molar-refractivity contribution in [3.8, 4) is 0 Å². The first-order valence-corrected chi connectivity index (χ1v) is 8.27. The van der Waals surface area contributed by atoms with E-state index >= 15 is 0 Å². The summed E-state index contributed by atoms with van der Waals surface area (Å²) in [6.45, 7) is 2.90. The van der Waals surface area contributed by atoms with Gasteiger partial charge in [-0.3, -0.25) is 4.79 Å². The predicted octanol–water partition coefficient (Wildman–Crippen LogP) is 1.40. The highest BCUT2D eigenvalue weighted by Crippen LogP contribution is 2.21. The van der Waals surface area contributed by atoms with Gasteiger partial charge >= 0.3 is 0 Å². The zero-order valence-electron chi connectivity index (χ0n) is 13.3. The summed E-state index contributed by atoms with van der Waals surface area (Å²) in [5.41, 5.74) is 7.91. The number of guanidine groups is 1. The van der Waals surface area contributed by atoms with Crippen molar-refractivity contribution in [2.45, 2.75) is 38.3 Å². The molecule has 0 radical (unpaired) electrons. The lowest BCUT2D eigenvalue weighted by molar-refractivity contribution is -0.117. The van der Waals surface area contributed by atoms with Crippen LogP contribution in [0.5, 0.6) is 0 Å². The molecular formula is C17H24N4O2. The molecule has 0 bridgehead atoms. The minimum Gasteiger partial charge on any atom is -0.376 e. The number of hydrogen-bond acceptors (Lipinski definition) is 3. The maximum atomic E-state index is 11.7. The second-order valence-electron chi connectivity index (χ2n) is 6.03. The van der Waals surface area contributed by atoms with Crippen LogP contribution in [0.4, 0.5) is 5.69 Å². The fourth-order valence-electron chi connectivity index (χ4n) is 2.96. The lowest BCUT2D eigenvalue weighted by Gasteiger charge is -2.15. The van der Waals surface area contributed by atoms with Crippen LogP contribution >= 0.6 is 0 Å². The van der Waals surface area contributed by atoms with E-state index in [1.807, 2.05) is 29.2 Å². The van der Waals surface area contributed by atoms with Crippen molar-refractivity contribution >= 4 is 17.6 Å². The average Bonchev–Trinajstić information content (AvgIpc) is 3.23. The van der Waals surface area contributed by atoms with Gasteiger partial charge in [0.25, 0.3) is 0 Å². The van der Waals surface area contributed by atoms with Crippen LogP contribution in [-0.4, -0.2) is 37.7 Å². The van der Waals surface area contributed by atoms with Crippen molar-refractivity contribution < 1.29 is 9.53 Å². The lowest BCUT2D eigenvalue weighted by atomic mass is 10.2. The molecule has 1 atom stereocenters. The van der Waals surface area contributed by atoms with Crippen LogP contribution in [0.25, 0.3) is 0 Å². The van der Waals surface area contributed by atoms with Crippen LogP contribution in [0, 0.1) is 0 Å². The van der Waals surface area contributed by atoms with Crippen LogP contribution in [0.1, 0.15) is 31.2 Å². The Labute approximate surface area is 136 Å². The predicted molar refractivity (Wildman–Crippen MR) is 90.3 cm³/mol. The smallest absolute Gasteiger partial charge is 0.227 e. The van der Waals surface area contributed by atoms with Crippen LogP contribution in [0.15, 0.2) is 29.3 Å². The van der Waals surface area contributed by atoms with E-state index < -0.39 is 0 Å². The molecule has 6 nitrogen and oxygen atoms in total. The highest BCUT2D eigenvalue weighted by molar-refractivity contribution is 5.95. The first-order valence-electron chi connectivity index (χ1n) is 8.27. The molecular weight excluding hydrogens is 292 g/mol. The highest BCUT2D eigenvalue weighted by atomic mass is 16.5. The molecule has 2 aliphatic heterocycles. The van der Waals surface area contributed by atoms with Crippen molar-refractivity contribution in [3.05, 3.63) is 29.8 Å². The average molecular weight is 316 g/mol. The molecule has 0 saturated carbocycles. The second-order valence-corrected chi connectivity index (χ2v) is 6.03. The van der Waals surface area contributed by atoms with E-state index in [0.717, 1.165) is 43.7 Å². The second kappa shape index (κ2) is 7.46. The number of aliphatic imine (C=N–C) groups is 1. The van der Waals surface area contributed by atoms with E-state index in [4.69, 9.17) is 10.5 Å². The normalized spacial score (nSPS) is 21.9. The van der Waals surface area contributed by atoms with E-state index in [2.05, 4.69) is 10.3 Å². The van der Waals surface area contributed by atoms with E-state index in [0.29, 0.717) is 25.5 Å². The van der Waals surface area contributed by atoms with Gasteiger partial charge in [-0.2, -0.15) is 0 Å². The van der Waals surface area contributed by atoms with Gasteiger partial charge in [0.05, 0.1) is 12.6 Å². The molecule has 0 aliphatic carbocycles. The van der Waals surface area contributed by atoms with Gasteiger partial charge in [0.15, 0.2) is 5.96 Å². The molecule has 23 heavy (non-hydrogen) atoms. The Balaban J connectivity index is 1.49. The summed E-state index contributed by atoms with van der Waals surface area (Å²) in [5, 5.41) is 3.11. The third-order valence-electron chi connectivity index (χ3n) is 4.29. The molecule has 6 heteroatoms. The van der Waals surface area contributed by atoms with Crippen LogP contribution in [0.2, 0.25) is 0 Å². The molecule has 2 heterocycles. The Bertz CT molecular complexity index is 564. The molecule has 1 unspecified atom stereocenters. The minimum absolute atomic E-state index is 0.207. The van der Waals surface area contributed by atoms with Gasteiger partial charge in [-0.05, 0) is 37.0 Å². The summed E-state index contributed by atoms with van der Waals surface area (Å²) in [4.78, 5) is 17.9. The minimum atomic E-state index is 0.207. The van der Waals surface area contributed by atoms with E-state index in [1.54, 1.807) is 0 Å². The number of nitrogens with one attached hydrogen (secondary N) is 1. The fourth-order valence-corrected chi connectivity index (χ4v) is 2.96. The molecule has 3 N–H and O–H groups in total. The van der Waals surface area contributed by atoms with E-state index in [9.17, 15) is 4.79 Å². The van der Waals surface area contributed by atoms with Crippen molar-refractivity contribution in [1.29, 1.82) is 0 Å². The topological polar surface area (TPSA) is 80.0 Å². The van der Waals surface area contributed by atoms with Gasteiger partial charge < -0.3 is 20.7 Å². The first-order chi connectivity index (χ1) is 11.2. The van der Waals surface area contributed by atoms with Gasteiger partial charge in [-0.15, -0.1) is 0 Å². The van der Waals surface area contributed by atoms with Crippen LogP contribution in [-0.2, 0) is 16.1 Å². The highest BCUT2D eigenvalue weighted by Gasteiger charge is 2.21. The third-order valence-corrected chi connectivity index (χ3v) is 4.29. The van der Waals surface area contributed by atoms with Crippen molar-refractivity contribution in [2.24, 2.45) is 10.7 Å². The van der Waals surface area contributed by atoms with Gasteiger partial charge in [-0.25, -0.2) is 4.99 Å². The number of benzene rings is 1. The van der Waals surface area contributed by atoms with Gasteiger partial charge in [0.1, 0.15) is 0 Å². The fraction of sp³-hybridized carbons (Fsp3) is 0.529. The Kier molecular flexibility index (Phi) is 5.12. The summed E-state index contributed by atoms with van der Waals surface area (Å²) in [7, 11) is 0. The van der Waals surface area contributed by atoms with Crippen LogP contribution < -0.4 is 16.0 Å². The first kappa shape index (κ1) is 15.8. The number of amides is 1. The number of hydrogen-bond donors (Lipinski definition) is 2. The Morgan fingerprint density at radius 1 is 1.35 bits per heavy atom. The Morgan fingerprint density at radius 3 is 2.83 bits per heavy atom. The molecule has 2 saturated heterocycles. The zero-order valence-corrected chi connectivity index (χ0v) is 13.3. The largest absolute Gasteiger partial charge is 0.376 e. The number of nitrogens with zero attached hydrogens (tertiary/aromatic N) is 2. The van der Waals surface area contributed by atoms with Crippen LogP contribution in [0.3, 0.4) is 0 Å². The molecule has 2 fully saturated rings. The molecule has 1 aromatic carbocycles. The Hall–Kier alpha value is -2.08. The quantitative estimate of drug-likeness (QED) is 0.635. The maximum Gasteiger partial charge on any atom is 0.227 e. The SMILES string of the molecule is NC(=NCc1ccc(N2CCCC2=O)cc1)NCC1CCCO1. The summed E-state index contributed by atoms with van der Waals surface area (Å²) < 4.78 is 5.53. The van der Waals surface area contributed by atoms with Gasteiger partial charge in [-0.1, -0.05) is 12.1 Å². The van der Waals surface area contributed by atoms with E-state index in [1.165, 1.54) is 0 Å². The van der Waals surface area contributed by atoms with Crippen molar-refractivity contribution in [2.75, 3.05) is 24.6 Å². The summed E-state index contributed by atoms with van der Waals surface area (Å²) >= 11 is 0. The molecule has 3 rings (SSSR count). The summed E-state index contributed by atoms with van der Waals surface area (Å²) in [6, 6.07) is 7.95. The standard InChI is InChI=1S/C17H24N4O2/c18-17(20-12-15-3-2-10-23-15)19-11-13-5-7-14(8-6-13)21-9-1-4-16(21)22/h5-8,15H,1-4,9-12H2,(H3,18,19,20). The van der Waals surface area contributed by atoms with E-state index in [-0.39, 0.29) is 12.0 Å². The van der Waals surface area contributed by atoms with Gasteiger partial charge in [0, 0.05) is 31.8 Å². The lowest BCUT2D eigenvalue weighted by Crippen LogP contribution is -2.37. The summed E-state index contributed by atoms with van der Waals surface area (Å²) in [6.07, 6.45) is 4.05. The molecule has 0 aromatic heterocycles. The number of ether oxygens (including phenoxy) is 1. The molecule has 1 amide bonds. The number of carbonyl (C=O) groups excluding carboxylic acids is 1. The van der Waals surface area contributed by atoms with Gasteiger partial charge in [0.2, 0.25) is 5.91 Å². The third kappa shape index (κ3) is 4.22. The Morgan fingerprint density at radius 2 is 2.17 bits per heavy atom. The number of rotatable bonds is 5. The maximum absolute atomic E-state index is 11.7.